The lowest BCUT2D eigenvalue weighted by molar-refractivity contribution is 0.102. The number of hydrogen-bond donors (Lipinski definition) is 2. The summed E-state index contributed by atoms with van der Waals surface area (Å²) in [6.07, 6.45) is 0. The number of hydrogen-bond acceptors (Lipinski definition) is 6. The van der Waals surface area contributed by atoms with E-state index in [2.05, 4.69) is 20.6 Å². The van der Waals surface area contributed by atoms with E-state index in [1.54, 1.807) is 32.2 Å². The molecule has 0 saturated carbocycles. The van der Waals surface area contributed by atoms with Crippen molar-refractivity contribution in [2.24, 2.45) is 0 Å². The molecule has 3 rings (SSSR count). The molecule has 0 spiro atoms. The molecule has 3 aromatic rings. The average molecular weight is 392 g/mol. The Morgan fingerprint density at radius 2 is 1.79 bits per heavy atom. The van der Waals surface area contributed by atoms with Gasteiger partial charge in [0.25, 0.3) is 5.91 Å². The monoisotopic (exact) mass is 392 g/mol. The first-order valence-corrected chi connectivity index (χ1v) is 9.30. The van der Waals surface area contributed by atoms with E-state index in [4.69, 9.17) is 9.47 Å². The second-order valence-electron chi connectivity index (χ2n) is 6.36. The molecule has 7 heteroatoms. The molecule has 0 atom stereocenters. The van der Waals surface area contributed by atoms with Gasteiger partial charge in [-0.3, -0.25) is 4.79 Å². The van der Waals surface area contributed by atoms with Gasteiger partial charge in [-0.1, -0.05) is 30.3 Å². The molecule has 2 N–H and O–H groups in total. The van der Waals surface area contributed by atoms with Crippen molar-refractivity contribution in [2.45, 2.75) is 13.5 Å². The van der Waals surface area contributed by atoms with Crippen molar-refractivity contribution in [3.63, 3.8) is 0 Å². The highest BCUT2D eigenvalue weighted by Gasteiger charge is 2.11. The van der Waals surface area contributed by atoms with E-state index in [0.717, 1.165) is 11.3 Å². The Labute approximate surface area is 170 Å². The molecule has 0 radical (unpaired) electrons. The van der Waals surface area contributed by atoms with E-state index < -0.39 is 0 Å². The molecule has 0 unspecified atom stereocenters. The second kappa shape index (κ2) is 10.2. The van der Waals surface area contributed by atoms with Crippen molar-refractivity contribution in [2.75, 3.05) is 30.9 Å². The van der Waals surface area contributed by atoms with Crippen molar-refractivity contribution < 1.29 is 14.3 Å². The van der Waals surface area contributed by atoms with Crippen LogP contribution in [0.4, 0.5) is 11.5 Å². The minimum atomic E-state index is -0.303. The van der Waals surface area contributed by atoms with Crippen molar-refractivity contribution in [1.82, 2.24) is 9.97 Å². The lowest BCUT2D eigenvalue weighted by Gasteiger charge is -2.10. The van der Waals surface area contributed by atoms with E-state index >= 15 is 0 Å². The first-order chi connectivity index (χ1) is 14.1. The fourth-order valence-electron chi connectivity index (χ4n) is 2.63. The Hall–Kier alpha value is -3.45. The van der Waals surface area contributed by atoms with E-state index in [0.29, 0.717) is 42.8 Å². The van der Waals surface area contributed by atoms with Crippen LogP contribution in [-0.4, -0.2) is 36.1 Å². The molecule has 0 bridgehead atoms. The van der Waals surface area contributed by atoms with Crippen LogP contribution in [0.2, 0.25) is 0 Å². The number of amides is 1. The van der Waals surface area contributed by atoms with Crippen LogP contribution < -0.4 is 15.4 Å². The van der Waals surface area contributed by atoms with Crippen LogP contribution >= 0.6 is 0 Å². The molecule has 1 amide bonds. The number of anilines is 2. The number of methoxy groups -OCH3 is 1. The lowest BCUT2D eigenvalue weighted by Crippen LogP contribution is -2.16. The van der Waals surface area contributed by atoms with Gasteiger partial charge in [-0.25, -0.2) is 9.97 Å². The average Bonchev–Trinajstić information content (AvgIpc) is 2.74. The van der Waals surface area contributed by atoms with Gasteiger partial charge in [0.05, 0.1) is 6.61 Å². The van der Waals surface area contributed by atoms with Gasteiger partial charge in [0.2, 0.25) is 0 Å². The number of carbonyl (C=O) groups is 1. The highest BCUT2D eigenvalue weighted by molar-refractivity contribution is 6.03. The zero-order valence-electron chi connectivity index (χ0n) is 16.5. The zero-order chi connectivity index (χ0) is 20.5. The number of aryl methyl sites for hydroxylation is 1. The number of aromatic nitrogens is 2. The maximum atomic E-state index is 12.6. The van der Waals surface area contributed by atoms with Crippen LogP contribution in [0.5, 0.6) is 5.75 Å². The fourth-order valence-corrected chi connectivity index (χ4v) is 2.63. The Morgan fingerprint density at radius 1 is 1.03 bits per heavy atom. The summed E-state index contributed by atoms with van der Waals surface area (Å²) >= 11 is 0. The molecule has 0 aliphatic carbocycles. The fraction of sp³-hybridized carbons (Fsp3) is 0.227. The number of nitrogens with one attached hydrogen (secondary N) is 2. The van der Waals surface area contributed by atoms with E-state index in [9.17, 15) is 4.79 Å². The minimum Gasteiger partial charge on any atom is -0.489 e. The van der Waals surface area contributed by atoms with Crippen molar-refractivity contribution in [1.29, 1.82) is 0 Å². The van der Waals surface area contributed by atoms with Gasteiger partial charge in [-0.05, 0) is 36.8 Å². The smallest absolute Gasteiger partial charge is 0.274 e. The molecule has 1 aromatic heterocycles. The summed E-state index contributed by atoms with van der Waals surface area (Å²) in [6.45, 7) is 3.38. The van der Waals surface area contributed by atoms with Gasteiger partial charge in [0.15, 0.2) is 0 Å². The van der Waals surface area contributed by atoms with Crippen LogP contribution in [0.15, 0.2) is 60.7 Å². The summed E-state index contributed by atoms with van der Waals surface area (Å²) in [4.78, 5) is 21.1. The first kappa shape index (κ1) is 20.3. The van der Waals surface area contributed by atoms with Crippen LogP contribution in [0.1, 0.15) is 21.9 Å². The number of carbonyl (C=O) groups excluding carboxylic acids is 1. The van der Waals surface area contributed by atoms with Gasteiger partial charge < -0.3 is 20.1 Å². The van der Waals surface area contributed by atoms with Crippen LogP contribution in [0, 0.1) is 6.92 Å². The standard InChI is InChI=1S/C22H24N4O3/c1-16-24-20(14-21(25-16)23-12-13-28-2)22(27)26-18-8-10-19(11-9-18)29-15-17-6-4-3-5-7-17/h3-11,14H,12-13,15H2,1-2H3,(H,26,27)(H,23,24,25). The predicted octanol–water partition coefficient (Wildman–Crippen LogP) is 3.67. The van der Waals surface area contributed by atoms with E-state index in [-0.39, 0.29) is 5.91 Å². The van der Waals surface area contributed by atoms with Gasteiger partial charge in [0, 0.05) is 25.4 Å². The van der Waals surface area contributed by atoms with Crippen molar-refractivity contribution >= 4 is 17.4 Å². The summed E-state index contributed by atoms with van der Waals surface area (Å²) in [7, 11) is 1.63. The Morgan fingerprint density at radius 3 is 2.52 bits per heavy atom. The molecule has 29 heavy (non-hydrogen) atoms. The van der Waals surface area contributed by atoms with Crippen molar-refractivity contribution in [3.05, 3.63) is 77.7 Å². The molecular weight excluding hydrogens is 368 g/mol. The maximum Gasteiger partial charge on any atom is 0.274 e. The number of nitrogens with zero attached hydrogens (tertiary/aromatic N) is 2. The number of ether oxygens (including phenoxy) is 2. The van der Waals surface area contributed by atoms with Gasteiger partial charge >= 0.3 is 0 Å². The van der Waals surface area contributed by atoms with Gasteiger partial charge in [-0.15, -0.1) is 0 Å². The lowest BCUT2D eigenvalue weighted by atomic mass is 10.2. The van der Waals surface area contributed by atoms with Gasteiger partial charge in [0.1, 0.15) is 29.7 Å². The molecule has 0 fully saturated rings. The third-order valence-corrected chi connectivity index (χ3v) is 4.04. The first-order valence-electron chi connectivity index (χ1n) is 9.30. The summed E-state index contributed by atoms with van der Waals surface area (Å²) in [5.74, 6) is 1.53. The molecule has 0 aliphatic rings. The topological polar surface area (TPSA) is 85.4 Å². The van der Waals surface area contributed by atoms with E-state index in [1.807, 2.05) is 42.5 Å². The summed E-state index contributed by atoms with van der Waals surface area (Å²) in [6, 6.07) is 18.8. The maximum absolute atomic E-state index is 12.6. The third-order valence-electron chi connectivity index (χ3n) is 4.04. The molecule has 0 aliphatic heterocycles. The largest absolute Gasteiger partial charge is 0.489 e. The molecular formula is C22H24N4O3. The van der Waals surface area contributed by atoms with E-state index in [1.165, 1.54) is 0 Å². The Bertz CT molecular complexity index is 931. The summed E-state index contributed by atoms with van der Waals surface area (Å²) in [5.41, 5.74) is 2.05. The molecule has 0 saturated heterocycles. The SMILES string of the molecule is COCCNc1cc(C(=O)Nc2ccc(OCc3ccccc3)cc2)nc(C)n1. The predicted molar refractivity (Wildman–Crippen MR) is 112 cm³/mol. The minimum absolute atomic E-state index is 0.293. The molecule has 2 aromatic carbocycles. The zero-order valence-corrected chi connectivity index (χ0v) is 16.5. The molecule has 1 heterocycles. The molecule has 150 valence electrons. The Balaban J connectivity index is 1.58. The van der Waals surface area contributed by atoms with Crippen LogP contribution in [0.25, 0.3) is 0 Å². The highest BCUT2D eigenvalue weighted by Crippen LogP contribution is 2.18. The quantitative estimate of drug-likeness (QED) is 0.541. The summed E-state index contributed by atoms with van der Waals surface area (Å²) < 4.78 is 10.8. The summed E-state index contributed by atoms with van der Waals surface area (Å²) in [5, 5.41) is 5.95. The third kappa shape index (κ3) is 6.29. The second-order valence-corrected chi connectivity index (χ2v) is 6.36. The normalized spacial score (nSPS) is 10.4. The molecule has 7 nitrogen and oxygen atoms in total. The van der Waals surface area contributed by atoms with Crippen molar-refractivity contribution in [3.8, 4) is 5.75 Å². The van der Waals surface area contributed by atoms with Gasteiger partial charge in [-0.2, -0.15) is 0 Å². The Kier molecular flexibility index (Phi) is 7.13. The number of benzene rings is 2. The van der Waals surface area contributed by atoms with Crippen LogP contribution in [0.3, 0.4) is 0 Å². The van der Waals surface area contributed by atoms with Crippen LogP contribution in [-0.2, 0) is 11.3 Å². The highest BCUT2D eigenvalue weighted by atomic mass is 16.5. The number of rotatable bonds is 9.